The van der Waals surface area contributed by atoms with E-state index in [0.29, 0.717) is 0 Å². The van der Waals surface area contributed by atoms with E-state index in [4.69, 9.17) is 10.5 Å². The van der Waals surface area contributed by atoms with Crippen molar-refractivity contribution in [1.29, 1.82) is 0 Å². The van der Waals surface area contributed by atoms with Crippen molar-refractivity contribution in [2.45, 2.75) is 25.8 Å². The number of hydrogen-bond acceptors (Lipinski definition) is 2. The zero-order valence-electron chi connectivity index (χ0n) is 7.92. The van der Waals surface area contributed by atoms with Crippen LogP contribution in [0.4, 0.5) is 0 Å². The summed E-state index contributed by atoms with van der Waals surface area (Å²) < 4.78 is 5.56. The summed E-state index contributed by atoms with van der Waals surface area (Å²) in [5, 5.41) is 0. The molecule has 1 aromatic carbocycles. The van der Waals surface area contributed by atoms with Crippen LogP contribution in [0.5, 0.6) is 5.75 Å². The van der Waals surface area contributed by atoms with Crippen molar-refractivity contribution in [1.82, 2.24) is 0 Å². The van der Waals surface area contributed by atoms with Gasteiger partial charge >= 0.3 is 0 Å². The lowest BCUT2D eigenvalue weighted by Crippen LogP contribution is -2.22. The number of rotatable bonds is 1. The Hall–Kier alpha value is -1.02. The van der Waals surface area contributed by atoms with Crippen LogP contribution >= 0.6 is 0 Å². The Labute approximate surface area is 78.7 Å². The maximum absolute atomic E-state index is 6.04. The fourth-order valence-corrected chi connectivity index (χ4v) is 1.88. The second kappa shape index (κ2) is 3.38. The summed E-state index contributed by atoms with van der Waals surface area (Å²) in [5.74, 6) is 0.984. The highest BCUT2D eigenvalue weighted by molar-refractivity contribution is 5.43. The van der Waals surface area contributed by atoms with Gasteiger partial charge in [-0.1, -0.05) is 19.1 Å². The van der Waals surface area contributed by atoms with E-state index in [0.717, 1.165) is 25.2 Å². The molecule has 1 aromatic rings. The van der Waals surface area contributed by atoms with Crippen LogP contribution in [0.2, 0.25) is 0 Å². The third kappa shape index (κ3) is 1.42. The van der Waals surface area contributed by atoms with Crippen LogP contribution in [-0.2, 0) is 6.42 Å². The van der Waals surface area contributed by atoms with E-state index in [2.05, 4.69) is 13.0 Å². The largest absolute Gasteiger partial charge is 0.493 e. The van der Waals surface area contributed by atoms with Gasteiger partial charge in [0, 0.05) is 18.0 Å². The van der Waals surface area contributed by atoms with E-state index in [1.54, 1.807) is 0 Å². The number of nitrogens with two attached hydrogens (primary N) is 1. The molecule has 0 saturated carbocycles. The minimum absolute atomic E-state index is 0.167. The molecule has 0 amide bonds. The lowest BCUT2D eigenvalue weighted by molar-refractivity contribution is 0.268. The predicted octanol–water partition coefficient (Wildman–Crippen LogP) is 2.03. The SMILES string of the molecule is CCc1cccc2c1[C@@H](N)CCO2. The molecule has 2 N–H and O–H groups in total. The lowest BCUT2D eigenvalue weighted by Gasteiger charge is -2.25. The van der Waals surface area contributed by atoms with Crippen LogP contribution in [0, 0.1) is 0 Å². The smallest absolute Gasteiger partial charge is 0.124 e. The topological polar surface area (TPSA) is 35.2 Å². The monoisotopic (exact) mass is 177 g/mol. The number of hydrogen-bond donors (Lipinski definition) is 1. The Morgan fingerprint density at radius 3 is 3.15 bits per heavy atom. The molecule has 13 heavy (non-hydrogen) atoms. The summed E-state index contributed by atoms with van der Waals surface area (Å²) in [5.41, 5.74) is 8.59. The molecule has 0 radical (unpaired) electrons. The van der Waals surface area contributed by atoms with Gasteiger partial charge in [0.1, 0.15) is 5.75 Å². The molecule has 0 spiro atoms. The fourth-order valence-electron chi connectivity index (χ4n) is 1.88. The molecule has 0 bridgehead atoms. The molecule has 1 aliphatic heterocycles. The van der Waals surface area contributed by atoms with E-state index < -0.39 is 0 Å². The molecular formula is C11H15NO. The molecule has 0 aromatic heterocycles. The lowest BCUT2D eigenvalue weighted by atomic mass is 9.94. The predicted molar refractivity (Wildman–Crippen MR) is 52.9 cm³/mol. The molecule has 0 fully saturated rings. The molecule has 2 nitrogen and oxygen atoms in total. The molecule has 1 atom stereocenters. The Balaban J connectivity index is 2.50. The van der Waals surface area contributed by atoms with Crippen molar-refractivity contribution in [2.75, 3.05) is 6.61 Å². The average Bonchev–Trinajstić information content (AvgIpc) is 2.17. The summed E-state index contributed by atoms with van der Waals surface area (Å²) in [4.78, 5) is 0. The standard InChI is InChI=1S/C11H15NO/c1-2-8-4-3-5-10-11(8)9(12)6-7-13-10/h3-5,9H,2,6-7,12H2,1H3/t9-/m0/s1. The Bertz CT molecular complexity index is 295. The molecular weight excluding hydrogens is 162 g/mol. The quantitative estimate of drug-likeness (QED) is 0.712. The highest BCUT2D eigenvalue weighted by atomic mass is 16.5. The highest BCUT2D eigenvalue weighted by Crippen LogP contribution is 2.33. The van der Waals surface area contributed by atoms with Gasteiger partial charge in [-0.15, -0.1) is 0 Å². The van der Waals surface area contributed by atoms with Gasteiger partial charge in [0.15, 0.2) is 0 Å². The van der Waals surface area contributed by atoms with Crippen LogP contribution in [0.3, 0.4) is 0 Å². The molecule has 0 saturated heterocycles. The zero-order valence-corrected chi connectivity index (χ0v) is 7.92. The molecule has 2 rings (SSSR count). The second-order valence-electron chi connectivity index (χ2n) is 3.43. The minimum atomic E-state index is 0.167. The molecule has 0 aliphatic carbocycles. The molecule has 1 aliphatic rings. The van der Waals surface area contributed by atoms with Gasteiger partial charge in [-0.05, 0) is 18.1 Å². The normalized spacial score (nSPS) is 20.6. The summed E-state index contributed by atoms with van der Waals surface area (Å²) in [6, 6.07) is 6.34. The van der Waals surface area contributed by atoms with Crippen LogP contribution in [-0.4, -0.2) is 6.61 Å². The number of benzene rings is 1. The van der Waals surface area contributed by atoms with E-state index in [1.165, 1.54) is 11.1 Å². The molecule has 0 unspecified atom stereocenters. The Kier molecular flexibility index (Phi) is 2.23. The average molecular weight is 177 g/mol. The first-order chi connectivity index (χ1) is 6.33. The third-order valence-corrected chi connectivity index (χ3v) is 2.59. The first-order valence-corrected chi connectivity index (χ1v) is 4.83. The summed E-state index contributed by atoms with van der Waals surface area (Å²) >= 11 is 0. The highest BCUT2D eigenvalue weighted by Gasteiger charge is 2.19. The number of ether oxygens (including phenoxy) is 1. The van der Waals surface area contributed by atoms with Crippen molar-refractivity contribution in [3.63, 3.8) is 0 Å². The van der Waals surface area contributed by atoms with E-state index in [9.17, 15) is 0 Å². The van der Waals surface area contributed by atoms with Gasteiger partial charge in [-0.2, -0.15) is 0 Å². The van der Waals surface area contributed by atoms with Crippen molar-refractivity contribution in [3.05, 3.63) is 29.3 Å². The van der Waals surface area contributed by atoms with Crippen molar-refractivity contribution in [3.8, 4) is 5.75 Å². The van der Waals surface area contributed by atoms with Crippen molar-refractivity contribution >= 4 is 0 Å². The summed E-state index contributed by atoms with van der Waals surface area (Å²) in [6.07, 6.45) is 1.96. The first kappa shape index (κ1) is 8.57. The summed E-state index contributed by atoms with van der Waals surface area (Å²) in [7, 11) is 0. The van der Waals surface area contributed by atoms with Crippen LogP contribution in [0.1, 0.15) is 30.5 Å². The fraction of sp³-hybridized carbons (Fsp3) is 0.455. The first-order valence-electron chi connectivity index (χ1n) is 4.83. The molecule has 2 heteroatoms. The van der Waals surface area contributed by atoms with Crippen molar-refractivity contribution in [2.24, 2.45) is 5.73 Å². The maximum Gasteiger partial charge on any atom is 0.124 e. The van der Waals surface area contributed by atoms with Gasteiger partial charge in [0.25, 0.3) is 0 Å². The van der Waals surface area contributed by atoms with Crippen LogP contribution in [0.15, 0.2) is 18.2 Å². The van der Waals surface area contributed by atoms with Gasteiger partial charge in [0.05, 0.1) is 6.61 Å². The number of fused-ring (bicyclic) bond motifs is 1. The second-order valence-corrected chi connectivity index (χ2v) is 3.43. The van der Waals surface area contributed by atoms with Gasteiger partial charge < -0.3 is 10.5 Å². The molecule has 70 valence electrons. The van der Waals surface area contributed by atoms with Crippen LogP contribution < -0.4 is 10.5 Å². The van der Waals surface area contributed by atoms with Gasteiger partial charge in [0.2, 0.25) is 0 Å². The third-order valence-electron chi connectivity index (χ3n) is 2.59. The van der Waals surface area contributed by atoms with Gasteiger partial charge in [-0.25, -0.2) is 0 Å². The van der Waals surface area contributed by atoms with E-state index in [-0.39, 0.29) is 6.04 Å². The minimum Gasteiger partial charge on any atom is -0.493 e. The summed E-state index contributed by atoms with van der Waals surface area (Å²) in [6.45, 7) is 2.90. The van der Waals surface area contributed by atoms with E-state index in [1.807, 2.05) is 12.1 Å². The Morgan fingerprint density at radius 1 is 1.54 bits per heavy atom. The molecule has 1 heterocycles. The Morgan fingerprint density at radius 2 is 2.38 bits per heavy atom. The maximum atomic E-state index is 6.04. The van der Waals surface area contributed by atoms with E-state index >= 15 is 0 Å². The van der Waals surface area contributed by atoms with Crippen molar-refractivity contribution < 1.29 is 4.74 Å². The zero-order chi connectivity index (χ0) is 9.26. The number of aryl methyl sites for hydroxylation is 1. The van der Waals surface area contributed by atoms with Crippen LogP contribution in [0.25, 0.3) is 0 Å². The van der Waals surface area contributed by atoms with Gasteiger partial charge in [-0.3, -0.25) is 0 Å².